The SMILES string of the molecule is O=C(CNS(=O)(=O)c1ccccc1)N/N=C\c1ccccc1C(=O)O. The molecule has 0 heterocycles. The molecule has 0 aromatic heterocycles. The second-order valence-corrected chi connectivity index (χ2v) is 6.59. The van der Waals surface area contributed by atoms with Crippen molar-refractivity contribution in [2.75, 3.05) is 6.54 Å². The van der Waals surface area contributed by atoms with E-state index in [-0.39, 0.29) is 10.5 Å². The van der Waals surface area contributed by atoms with Crippen LogP contribution < -0.4 is 10.1 Å². The third kappa shape index (κ3) is 5.23. The lowest BCUT2D eigenvalue weighted by Crippen LogP contribution is -2.34. The van der Waals surface area contributed by atoms with Gasteiger partial charge in [-0.25, -0.2) is 23.4 Å². The number of carboxylic acid groups (broad SMARTS) is 1. The van der Waals surface area contributed by atoms with Crippen molar-refractivity contribution in [3.63, 3.8) is 0 Å². The summed E-state index contributed by atoms with van der Waals surface area (Å²) in [6, 6.07) is 13.7. The molecule has 9 heteroatoms. The lowest BCUT2D eigenvalue weighted by atomic mass is 10.1. The molecule has 0 aliphatic heterocycles. The molecule has 0 radical (unpaired) electrons. The molecule has 0 unspecified atom stereocenters. The summed E-state index contributed by atoms with van der Waals surface area (Å²) in [5.74, 6) is -1.81. The number of benzene rings is 2. The number of hydrogen-bond acceptors (Lipinski definition) is 5. The highest BCUT2D eigenvalue weighted by Crippen LogP contribution is 2.07. The van der Waals surface area contributed by atoms with Crippen LogP contribution in [0.1, 0.15) is 15.9 Å². The first-order valence-electron chi connectivity index (χ1n) is 7.09. The van der Waals surface area contributed by atoms with Crippen LogP contribution in [0.2, 0.25) is 0 Å². The largest absolute Gasteiger partial charge is 0.478 e. The van der Waals surface area contributed by atoms with E-state index in [2.05, 4.69) is 15.2 Å². The fourth-order valence-corrected chi connectivity index (χ4v) is 2.86. The van der Waals surface area contributed by atoms with Gasteiger partial charge in [0.25, 0.3) is 5.91 Å². The zero-order chi connectivity index (χ0) is 18.3. The minimum atomic E-state index is -3.79. The standard InChI is InChI=1S/C16H15N3O5S/c20-15(11-18-25(23,24)13-7-2-1-3-8-13)19-17-10-12-6-4-5-9-14(12)16(21)22/h1-10,18H,11H2,(H,19,20)(H,21,22)/b17-10-. The van der Waals surface area contributed by atoms with Gasteiger partial charge in [-0.3, -0.25) is 4.79 Å². The molecule has 25 heavy (non-hydrogen) atoms. The van der Waals surface area contributed by atoms with Crippen molar-refractivity contribution < 1.29 is 23.1 Å². The van der Waals surface area contributed by atoms with Crippen molar-refractivity contribution in [2.24, 2.45) is 5.10 Å². The number of nitrogens with zero attached hydrogens (tertiary/aromatic N) is 1. The average Bonchev–Trinajstić information content (AvgIpc) is 2.61. The van der Waals surface area contributed by atoms with E-state index in [4.69, 9.17) is 5.11 Å². The molecule has 1 amide bonds. The Kier molecular flexibility index (Phi) is 5.98. The number of rotatable bonds is 7. The Morgan fingerprint density at radius 1 is 1.04 bits per heavy atom. The van der Waals surface area contributed by atoms with Gasteiger partial charge in [-0.2, -0.15) is 5.10 Å². The van der Waals surface area contributed by atoms with Crippen molar-refractivity contribution in [2.45, 2.75) is 4.90 Å². The number of nitrogens with one attached hydrogen (secondary N) is 2. The van der Waals surface area contributed by atoms with Crippen molar-refractivity contribution in [1.82, 2.24) is 10.1 Å². The van der Waals surface area contributed by atoms with E-state index in [1.54, 1.807) is 30.3 Å². The Bertz CT molecular complexity index is 895. The van der Waals surface area contributed by atoms with E-state index in [1.165, 1.54) is 30.5 Å². The number of amides is 1. The predicted octanol–water partition coefficient (Wildman–Crippen LogP) is 0.813. The molecule has 0 bridgehead atoms. The number of carboxylic acids is 1. The zero-order valence-corrected chi connectivity index (χ0v) is 13.7. The van der Waals surface area contributed by atoms with Crippen molar-refractivity contribution in [3.05, 3.63) is 65.7 Å². The van der Waals surface area contributed by atoms with Gasteiger partial charge in [0, 0.05) is 5.56 Å². The maximum atomic E-state index is 12.0. The summed E-state index contributed by atoms with van der Waals surface area (Å²) in [6.45, 7) is -0.505. The van der Waals surface area contributed by atoms with Crippen molar-refractivity contribution in [3.8, 4) is 0 Å². The lowest BCUT2D eigenvalue weighted by molar-refractivity contribution is -0.119. The lowest BCUT2D eigenvalue weighted by Gasteiger charge is -2.05. The van der Waals surface area contributed by atoms with E-state index in [0.717, 1.165) is 0 Å². The van der Waals surface area contributed by atoms with Crippen molar-refractivity contribution in [1.29, 1.82) is 0 Å². The second kappa shape index (κ2) is 8.18. The van der Waals surface area contributed by atoms with Crippen LogP contribution in [0.3, 0.4) is 0 Å². The Hall–Kier alpha value is -3.04. The van der Waals surface area contributed by atoms with E-state index >= 15 is 0 Å². The summed E-state index contributed by atoms with van der Waals surface area (Å²) in [5.41, 5.74) is 2.47. The highest BCUT2D eigenvalue weighted by atomic mass is 32.2. The Morgan fingerprint density at radius 2 is 1.68 bits per heavy atom. The van der Waals surface area contributed by atoms with Gasteiger partial charge < -0.3 is 5.11 Å². The maximum absolute atomic E-state index is 12.0. The normalized spacial score (nSPS) is 11.4. The van der Waals surface area contributed by atoms with Crippen LogP contribution in [0.25, 0.3) is 0 Å². The number of carbonyl (C=O) groups is 2. The molecule has 130 valence electrons. The van der Waals surface area contributed by atoms with E-state index in [1.807, 2.05) is 0 Å². The average molecular weight is 361 g/mol. The monoisotopic (exact) mass is 361 g/mol. The van der Waals surface area contributed by atoms with Gasteiger partial charge in [-0.05, 0) is 18.2 Å². The summed E-state index contributed by atoms with van der Waals surface area (Å²) in [4.78, 5) is 22.7. The topological polar surface area (TPSA) is 125 Å². The molecule has 0 aliphatic carbocycles. The smallest absolute Gasteiger partial charge is 0.336 e. The fraction of sp³-hybridized carbons (Fsp3) is 0.0625. The highest BCUT2D eigenvalue weighted by molar-refractivity contribution is 7.89. The number of sulfonamides is 1. The summed E-state index contributed by atoms with van der Waals surface area (Å²) < 4.78 is 26.1. The van der Waals surface area contributed by atoms with E-state index < -0.39 is 28.4 Å². The van der Waals surface area contributed by atoms with Crippen LogP contribution in [0, 0.1) is 0 Å². The Morgan fingerprint density at radius 3 is 2.36 bits per heavy atom. The molecule has 0 saturated carbocycles. The minimum absolute atomic E-state index is 0.0327. The molecule has 0 spiro atoms. The molecular formula is C16H15N3O5S. The number of carbonyl (C=O) groups excluding carboxylic acids is 1. The van der Waals surface area contributed by atoms with Gasteiger partial charge in [-0.15, -0.1) is 0 Å². The van der Waals surface area contributed by atoms with Gasteiger partial charge in [0.15, 0.2) is 0 Å². The van der Waals surface area contributed by atoms with Gasteiger partial charge in [0.05, 0.1) is 23.2 Å². The van der Waals surface area contributed by atoms with E-state index in [9.17, 15) is 18.0 Å². The van der Waals surface area contributed by atoms with Crippen LogP contribution in [0.4, 0.5) is 0 Å². The summed E-state index contributed by atoms with van der Waals surface area (Å²) >= 11 is 0. The molecule has 2 rings (SSSR count). The minimum Gasteiger partial charge on any atom is -0.478 e. The predicted molar refractivity (Wildman–Crippen MR) is 90.8 cm³/mol. The van der Waals surface area contributed by atoms with Gasteiger partial charge in [0.2, 0.25) is 10.0 Å². The van der Waals surface area contributed by atoms with Crippen molar-refractivity contribution >= 4 is 28.1 Å². The third-order valence-electron chi connectivity index (χ3n) is 3.06. The molecule has 3 N–H and O–H groups in total. The quantitative estimate of drug-likeness (QED) is 0.497. The first kappa shape index (κ1) is 18.3. The molecule has 8 nitrogen and oxygen atoms in total. The first-order valence-corrected chi connectivity index (χ1v) is 8.57. The Labute approximate surface area is 144 Å². The molecule has 2 aromatic carbocycles. The highest BCUT2D eigenvalue weighted by Gasteiger charge is 2.14. The van der Waals surface area contributed by atoms with Gasteiger partial charge >= 0.3 is 5.97 Å². The molecule has 0 fully saturated rings. The number of aromatic carboxylic acids is 1. The molecular weight excluding hydrogens is 346 g/mol. The zero-order valence-electron chi connectivity index (χ0n) is 12.9. The molecule has 0 atom stereocenters. The van der Waals surface area contributed by atoms with Gasteiger partial charge in [0.1, 0.15) is 0 Å². The maximum Gasteiger partial charge on any atom is 0.336 e. The Balaban J connectivity index is 1.92. The number of hydrogen-bond donors (Lipinski definition) is 3. The third-order valence-corrected chi connectivity index (χ3v) is 4.48. The number of hydrazone groups is 1. The second-order valence-electron chi connectivity index (χ2n) is 4.82. The molecule has 0 saturated heterocycles. The molecule has 0 aliphatic rings. The summed E-state index contributed by atoms with van der Waals surface area (Å²) in [7, 11) is -3.79. The van der Waals surface area contributed by atoms with E-state index in [0.29, 0.717) is 5.56 Å². The molecule has 2 aromatic rings. The first-order chi connectivity index (χ1) is 11.9. The van der Waals surface area contributed by atoms with Crippen LogP contribution in [0.5, 0.6) is 0 Å². The van der Waals surface area contributed by atoms with Crippen LogP contribution in [-0.4, -0.2) is 38.2 Å². The fourth-order valence-electron chi connectivity index (χ4n) is 1.86. The summed E-state index contributed by atoms with van der Waals surface area (Å²) in [5, 5.41) is 12.7. The van der Waals surface area contributed by atoms with Crippen LogP contribution in [0.15, 0.2) is 64.6 Å². The summed E-state index contributed by atoms with van der Waals surface area (Å²) in [6.07, 6.45) is 1.17. The van der Waals surface area contributed by atoms with Crippen LogP contribution >= 0.6 is 0 Å². The van der Waals surface area contributed by atoms with Crippen LogP contribution in [-0.2, 0) is 14.8 Å². The van der Waals surface area contributed by atoms with Gasteiger partial charge in [-0.1, -0.05) is 36.4 Å².